The van der Waals surface area contributed by atoms with Gasteiger partial charge in [0.25, 0.3) is 0 Å². The first-order valence-corrected chi connectivity index (χ1v) is 10.9. The highest BCUT2D eigenvalue weighted by molar-refractivity contribution is 7.99. The zero-order valence-electron chi connectivity index (χ0n) is 17.1. The molecule has 8 heteroatoms. The molecular weight excluding hydrogens is 403 g/mol. The summed E-state index contributed by atoms with van der Waals surface area (Å²) in [5.41, 5.74) is 1.16. The molecular formula is C22H25FN4O2S. The molecule has 1 N–H and O–H groups in total. The number of rotatable bonds is 10. The molecule has 3 rings (SSSR count). The van der Waals surface area contributed by atoms with Gasteiger partial charge in [-0.3, -0.25) is 4.79 Å². The van der Waals surface area contributed by atoms with Crippen LogP contribution < -0.4 is 10.1 Å². The summed E-state index contributed by atoms with van der Waals surface area (Å²) in [6.07, 6.45) is 2.30. The predicted octanol–water partition coefficient (Wildman–Crippen LogP) is 5.01. The number of unbranched alkanes of at least 4 members (excludes halogenated alkanes) is 1. The number of amides is 1. The van der Waals surface area contributed by atoms with E-state index >= 15 is 0 Å². The van der Waals surface area contributed by atoms with Crippen molar-refractivity contribution in [1.29, 1.82) is 0 Å². The van der Waals surface area contributed by atoms with Crippen LogP contribution in [0.15, 0.2) is 53.7 Å². The Morgan fingerprint density at radius 1 is 1.17 bits per heavy atom. The van der Waals surface area contributed by atoms with E-state index in [4.69, 9.17) is 4.74 Å². The average molecular weight is 429 g/mol. The number of hydrogen-bond acceptors (Lipinski definition) is 5. The molecule has 0 aliphatic rings. The van der Waals surface area contributed by atoms with E-state index in [-0.39, 0.29) is 18.0 Å². The van der Waals surface area contributed by atoms with Crippen molar-refractivity contribution in [2.45, 2.75) is 37.9 Å². The second-order valence-electron chi connectivity index (χ2n) is 6.67. The van der Waals surface area contributed by atoms with Crippen LogP contribution in [0.25, 0.3) is 11.4 Å². The van der Waals surface area contributed by atoms with E-state index in [1.54, 1.807) is 25.3 Å². The fourth-order valence-corrected chi connectivity index (χ4v) is 3.78. The number of carbonyl (C=O) groups excluding carboxylic acids is 1. The zero-order valence-corrected chi connectivity index (χ0v) is 17.9. The quantitative estimate of drug-likeness (QED) is 0.460. The maximum absolute atomic E-state index is 13.7. The fourth-order valence-electron chi connectivity index (χ4n) is 2.88. The van der Waals surface area contributed by atoms with Crippen LogP contribution in [0.3, 0.4) is 0 Å². The monoisotopic (exact) mass is 428 g/mol. The fraction of sp³-hybridized carbons (Fsp3) is 0.318. The zero-order chi connectivity index (χ0) is 21.3. The highest BCUT2D eigenvalue weighted by atomic mass is 32.2. The predicted molar refractivity (Wildman–Crippen MR) is 117 cm³/mol. The van der Waals surface area contributed by atoms with E-state index < -0.39 is 5.82 Å². The molecule has 0 aliphatic heterocycles. The minimum absolute atomic E-state index is 0.195. The smallest absolute Gasteiger partial charge is 0.225 e. The van der Waals surface area contributed by atoms with Crippen LogP contribution >= 0.6 is 11.8 Å². The standard InChI is InChI=1S/C22H25FN4O2S/c1-3-4-14-27-21(16-9-11-17(29-2)12-10-16)25-26-22(27)30-15-13-20(28)24-19-8-6-5-7-18(19)23/h5-12H,3-4,13-15H2,1-2H3,(H,24,28). The van der Waals surface area contributed by atoms with Crippen molar-refractivity contribution >= 4 is 23.4 Å². The lowest BCUT2D eigenvalue weighted by Gasteiger charge is -2.10. The molecule has 0 saturated carbocycles. The molecule has 1 amide bonds. The van der Waals surface area contributed by atoms with Crippen molar-refractivity contribution in [2.24, 2.45) is 0 Å². The number of hydrogen-bond donors (Lipinski definition) is 1. The van der Waals surface area contributed by atoms with Gasteiger partial charge in [-0.15, -0.1) is 10.2 Å². The minimum Gasteiger partial charge on any atom is -0.497 e. The normalized spacial score (nSPS) is 10.8. The summed E-state index contributed by atoms with van der Waals surface area (Å²) in [6.45, 7) is 2.94. The van der Waals surface area contributed by atoms with Gasteiger partial charge in [-0.1, -0.05) is 37.2 Å². The summed E-state index contributed by atoms with van der Waals surface area (Å²) >= 11 is 1.47. The van der Waals surface area contributed by atoms with E-state index in [1.165, 1.54) is 17.8 Å². The first kappa shape index (κ1) is 21.8. The Labute approximate surface area is 179 Å². The topological polar surface area (TPSA) is 69.0 Å². The van der Waals surface area contributed by atoms with E-state index in [0.717, 1.165) is 41.7 Å². The number of benzene rings is 2. The third kappa shape index (κ3) is 5.60. The Morgan fingerprint density at radius 2 is 1.93 bits per heavy atom. The van der Waals surface area contributed by atoms with Gasteiger partial charge < -0.3 is 14.6 Å². The van der Waals surface area contributed by atoms with Crippen molar-refractivity contribution < 1.29 is 13.9 Å². The van der Waals surface area contributed by atoms with Gasteiger partial charge in [-0.2, -0.15) is 0 Å². The first-order valence-electron chi connectivity index (χ1n) is 9.87. The van der Waals surface area contributed by atoms with Crippen LogP contribution in [-0.2, 0) is 11.3 Å². The number of halogens is 1. The number of thioether (sulfide) groups is 1. The Morgan fingerprint density at radius 3 is 2.63 bits per heavy atom. The number of ether oxygens (including phenoxy) is 1. The number of anilines is 1. The largest absolute Gasteiger partial charge is 0.497 e. The maximum atomic E-state index is 13.7. The molecule has 1 aromatic heterocycles. The van der Waals surface area contributed by atoms with Crippen molar-refractivity contribution in [1.82, 2.24) is 14.8 Å². The van der Waals surface area contributed by atoms with Gasteiger partial charge in [-0.25, -0.2) is 4.39 Å². The van der Waals surface area contributed by atoms with E-state index in [1.807, 2.05) is 24.3 Å². The Kier molecular flexibility index (Phi) is 7.84. The van der Waals surface area contributed by atoms with E-state index in [9.17, 15) is 9.18 Å². The molecule has 3 aromatic rings. The third-order valence-electron chi connectivity index (χ3n) is 4.51. The van der Waals surface area contributed by atoms with E-state index in [2.05, 4.69) is 27.0 Å². The molecule has 0 spiro atoms. The van der Waals surface area contributed by atoms with Gasteiger partial charge in [-0.05, 0) is 42.8 Å². The molecule has 0 atom stereocenters. The van der Waals surface area contributed by atoms with Gasteiger partial charge in [0.2, 0.25) is 5.91 Å². The van der Waals surface area contributed by atoms with Crippen LogP contribution in [0.4, 0.5) is 10.1 Å². The highest BCUT2D eigenvalue weighted by Gasteiger charge is 2.15. The molecule has 158 valence electrons. The second-order valence-corrected chi connectivity index (χ2v) is 7.73. The van der Waals surface area contributed by atoms with E-state index in [0.29, 0.717) is 5.75 Å². The highest BCUT2D eigenvalue weighted by Crippen LogP contribution is 2.26. The molecule has 6 nitrogen and oxygen atoms in total. The molecule has 2 aromatic carbocycles. The summed E-state index contributed by atoms with van der Waals surface area (Å²) in [5.74, 6) is 1.43. The lowest BCUT2D eigenvalue weighted by Crippen LogP contribution is -2.13. The number of para-hydroxylation sites is 1. The second kappa shape index (κ2) is 10.8. The van der Waals surface area contributed by atoms with Crippen molar-refractivity contribution in [3.63, 3.8) is 0 Å². The number of carbonyl (C=O) groups is 1. The van der Waals surface area contributed by atoms with Crippen molar-refractivity contribution in [3.8, 4) is 17.1 Å². The SMILES string of the molecule is CCCCn1c(SCCC(=O)Nc2ccccc2F)nnc1-c1ccc(OC)cc1. The average Bonchev–Trinajstić information content (AvgIpc) is 3.16. The summed E-state index contributed by atoms with van der Waals surface area (Å²) < 4.78 is 21.0. The van der Waals surface area contributed by atoms with Crippen LogP contribution in [0, 0.1) is 5.82 Å². The summed E-state index contributed by atoms with van der Waals surface area (Å²) in [5, 5.41) is 12.1. The molecule has 0 unspecified atom stereocenters. The third-order valence-corrected chi connectivity index (χ3v) is 5.48. The number of nitrogens with zero attached hydrogens (tertiary/aromatic N) is 3. The molecule has 0 fully saturated rings. The molecule has 0 saturated heterocycles. The Hall–Kier alpha value is -2.87. The van der Waals surface area contributed by atoms with Gasteiger partial charge in [0.05, 0.1) is 12.8 Å². The summed E-state index contributed by atoms with van der Waals surface area (Å²) in [4.78, 5) is 12.2. The molecule has 0 bridgehead atoms. The molecule has 0 aliphatic carbocycles. The number of aromatic nitrogens is 3. The minimum atomic E-state index is -0.443. The number of nitrogens with one attached hydrogen (secondary N) is 1. The van der Waals surface area contributed by atoms with Gasteiger partial charge >= 0.3 is 0 Å². The Balaban J connectivity index is 1.65. The Bertz CT molecular complexity index is 976. The summed E-state index contributed by atoms with van der Waals surface area (Å²) in [7, 11) is 1.63. The van der Waals surface area contributed by atoms with Gasteiger partial charge in [0.15, 0.2) is 11.0 Å². The maximum Gasteiger partial charge on any atom is 0.225 e. The lowest BCUT2D eigenvalue weighted by molar-refractivity contribution is -0.115. The van der Waals surface area contributed by atoms with Crippen molar-refractivity contribution in [3.05, 3.63) is 54.3 Å². The van der Waals surface area contributed by atoms with Gasteiger partial charge in [0, 0.05) is 24.3 Å². The van der Waals surface area contributed by atoms with Crippen LogP contribution in [0.5, 0.6) is 5.75 Å². The molecule has 1 heterocycles. The lowest BCUT2D eigenvalue weighted by atomic mass is 10.2. The van der Waals surface area contributed by atoms with Crippen LogP contribution in [-0.4, -0.2) is 33.5 Å². The number of methoxy groups -OCH3 is 1. The molecule has 0 radical (unpaired) electrons. The van der Waals surface area contributed by atoms with Crippen LogP contribution in [0.1, 0.15) is 26.2 Å². The molecule has 30 heavy (non-hydrogen) atoms. The first-order chi connectivity index (χ1) is 14.6. The van der Waals surface area contributed by atoms with Crippen molar-refractivity contribution in [2.75, 3.05) is 18.2 Å². The van der Waals surface area contributed by atoms with Gasteiger partial charge in [0.1, 0.15) is 11.6 Å². The van der Waals surface area contributed by atoms with Crippen LogP contribution in [0.2, 0.25) is 0 Å². The summed E-state index contributed by atoms with van der Waals surface area (Å²) in [6, 6.07) is 13.9.